The molecule has 0 aliphatic carbocycles. The fourth-order valence-corrected chi connectivity index (χ4v) is 4.90. The Labute approximate surface area is 180 Å². The van der Waals surface area contributed by atoms with E-state index in [-0.39, 0.29) is 17.2 Å². The number of ether oxygens (including phenoxy) is 1. The highest BCUT2D eigenvalue weighted by Crippen LogP contribution is 2.30. The minimum atomic E-state index is -2.90. The van der Waals surface area contributed by atoms with Crippen molar-refractivity contribution in [2.75, 3.05) is 5.32 Å². The van der Waals surface area contributed by atoms with Gasteiger partial charge in [0.25, 0.3) is 5.56 Å². The third kappa shape index (κ3) is 4.65. The second kappa shape index (κ2) is 9.13. The molecule has 3 rings (SSSR count). The molecular weight excluding hydrogens is 432 g/mol. The number of rotatable bonds is 7. The van der Waals surface area contributed by atoms with Gasteiger partial charge in [0.1, 0.15) is 10.6 Å². The van der Waals surface area contributed by atoms with E-state index in [1.54, 1.807) is 11.5 Å². The monoisotopic (exact) mass is 453 g/mol. The molecular formula is C20H21F2N3O3S2. The third-order valence-corrected chi connectivity index (χ3v) is 6.76. The van der Waals surface area contributed by atoms with Crippen LogP contribution in [0.1, 0.15) is 24.3 Å². The number of nitrogens with zero attached hydrogens (tertiary/aromatic N) is 2. The molecule has 1 atom stereocenters. The number of aromatic nitrogens is 2. The molecule has 1 unspecified atom stereocenters. The standard InChI is InChI=1S/C20H21F2N3O3S2/c1-5-25-18(27)15-10(2)11(3)29-17(15)24-20(25)30-12(4)16(26)23-13-6-8-14(9-7-13)28-19(21)22/h6-9,12,19H,5H2,1-4H3,(H,23,26). The average molecular weight is 454 g/mol. The zero-order valence-electron chi connectivity index (χ0n) is 16.9. The molecule has 30 heavy (non-hydrogen) atoms. The molecule has 6 nitrogen and oxygen atoms in total. The maximum Gasteiger partial charge on any atom is 0.387 e. The Kier molecular flexibility index (Phi) is 6.77. The molecule has 0 saturated carbocycles. The van der Waals surface area contributed by atoms with E-state index in [1.807, 2.05) is 20.8 Å². The van der Waals surface area contributed by atoms with Crippen LogP contribution in [-0.4, -0.2) is 27.3 Å². The van der Waals surface area contributed by atoms with Crippen LogP contribution in [0.4, 0.5) is 14.5 Å². The van der Waals surface area contributed by atoms with Gasteiger partial charge in [0.15, 0.2) is 5.16 Å². The molecule has 1 amide bonds. The van der Waals surface area contributed by atoms with Gasteiger partial charge in [-0.1, -0.05) is 11.8 Å². The van der Waals surface area contributed by atoms with Crippen LogP contribution in [0.25, 0.3) is 10.2 Å². The van der Waals surface area contributed by atoms with Gasteiger partial charge in [-0.15, -0.1) is 11.3 Å². The van der Waals surface area contributed by atoms with Crippen LogP contribution in [-0.2, 0) is 11.3 Å². The number of carbonyl (C=O) groups excluding carboxylic acids is 1. The first-order valence-corrected chi connectivity index (χ1v) is 10.9. The number of aryl methyl sites for hydroxylation is 2. The number of thiophene rings is 1. The van der Waals surface area contributed by atoms with Crippen molar-refractivity contribution in [2.45, 2.75) is 51.3 Å². The predicted molar refractivity (Wildman–Crippen MR) is 116 cm³/mol. The smallest absolute Gasteiger partial charge is 0.387 e. The Morgan fingerprint density at radius 3 is 2.57 bits per heavy atom. The number of alkyl halides is 2. The normalized spacial score (nSPS) is 12.4. The summed E-state index contributed by atoms with van der Waals surface area (Å²) in [4.78, 5) is 31.9. The van der Waals surface area contributed by atoms with Gasteiger partial charge < -0.3 is 10.1 Å². The van der Waals surface area contributed by atoms with Crippen molar-refractivity contribution in [3.05, 3.63) is 45.1 Å². The van der Waals surface area contributed by atoms with Crippen LogP contribution in [0.5, 0.6) is 5.75 Å². The van der Waals surface area contributed by atoms with Crippen molar-refractivity contribution >= 4 is 44.9 Å². The number of fused-ring (bicyclic) bond motifs is 1. The number of carbonyl (C=O) groups is 1. The number of hydrogen-bond acceptors (Lipinski definition) is 6. The van der Waals surface area contributed by atoms with Gasteiger partial charge in [0.2, 0.25) is 5.91 Å². The summed E-state index contributed by atoms with van der Waals surface area (Å²) in [5.74, 6) is -0.283. The maximum absolute atomic E-state index is 12.9. The van der Waals surface area contributed by atoms with E-state index in [1.165, 1.54) is 47.4 Å². The Hall–Kier alpha value is -2.46. The van der Waals surface area contributed by atoms with Crippen molar-refractivity contribution in [3.8, 4) is 5.75 Å². The number of nitrogens with one attached hydrogen (secondary N) is 1. The van der Waals surface area contributed by atoms with E-state index >= 15 is 0 Å². The highest BCUT2D eigenvalue weighted by molar-refractivity contribution is 8.00. The number of thioether (sulfide) groups is 1. The van der Waals surface area contributed by atoms with Crippen LogP contribution >= 0.6 is 23.1 Å². The lowest BCUT2D eigenvalue weighted by atomic mass is 10.2. The van der Waals surface area contributed by atoms with Crippen molar-refractivity contribution in [1.29, 1.82) is 0 Å². The van der Waals surface area contributed by atoms with Gasteiger partial charge in [-0.05, 0) is 57.5 Å². The number of benzene rings is 1. The van der Waals surface area contributed by atoms with E-state index in [9.17, 15) is 18.4 Å². The Balaban J connectivity index is 1.78. The summed E-state index contributed by atoms with van der Waals surface area (Å²) >= 11 is 2.67. The SMILES string of the molecule is CCn1c(SC(C)C(=O)Nc2ccc(OC(F)F)cc2)nc2sc(C)c(C)c2c1=O. The van der Waals surface area contributed by atoms with E-state index in [2.05, 4.69) is 15.0 Å². The molecule has 2 aromatic heterocycles. The van der Waals surface area contributed by atoms with E-state index in [4.69, 9.17) is 0 Å². The Morgan fingerprint density at radius 2 is 1.97 bits per heavy atom. The fourth-order valence-electron chi connectivity index (χ4n) is 2.85. The number of amides is 1. The largest absolute Gasteiger partial charge is 0.435 e. The second-order valence-electron chi connectivity index (χ2n) is 6.56. The first-order valence-electron chi connectivity index (χ1n) is 9.24. The molecule has 0 spiro atoms. The van der Waals surface area contributed by atoms with Crippen molar-refractivity contribution in [3.63, 3.8) is 0 Å². The van der Waals surface area contributed by atoms with Crippen molar-refractivity contribution < 1.29 is 18.3 Å². The highest BCUT2D eigenvalue weighted by atomic mass is 32.2. The van der Waals surface area contributed by atoms with Gasteiger partial charge in [-0.2, -0.15) is 8.78 Å². The maximum atomic E-state index is 12.9. The lowest BCUT2D eigenvalue weighted by Crippen LogP contribution is -2.26. The van der Waals surface area contributed by atoms with Crippen LogP contribution in [0, 0.1) is 13.8 Å². The van der Waals surface area contributed by atoms with Gasteiger partial charge in [0, 0.05) is 17.1 Å². The minimum absolute atomic E-state index is 0.0106. The van der Waals surface area contributed by atoms with Crippen LogP contribution in [0.15, 0.2) is 34.2 Å². The van der Waals surface area contributed by atoms with Crippen LogP contribution < -0.4 is 15.6 Å². The fraction of sp³-hybridized carbons (Fsp3) is 0.350. The Morgan fingerprint density at radius 1 is 1.30 bits per heavy atom. The first kappa shape index (κ1) is 22.2. The third-order valence-electron chi connectivity index (χ3n) is 4.57. The zero-order valence-corrected chi connectivity index (χ0v) is 18.5. The lowest BCUT2D eigenvalue weighted by Gasteiger charge is -2.15. The molecule has 0 radical (unpaired) electrons. The van der Waals surface area contributed by atoms with E-state index in [0.29, 0.717) is 27.6 Å². The first-order chi connectivity index (χ1) is 14.2. The zero-order chi connectivity index (χ0) is 22.0. The molecule has 2 heterocycles. The molecule has 0 fully saturated rings. The molecule has 3 aromatic rings. The summed E-state index contributed by atoms with van der Waals surface area (Å²) in [5.41, 5.74) is 1.29. The topological polar surface area (TPSA) is 73.2 Å². The summed E-state index contributed by atoms with van der Waals surface area (Å²) in [6.45, 7) is 4.99. The summed E-state index contributed by atoms with van der Waals surface area (Å²) in [5, 5.41) is 3.31. The summed E-state index contributed by atoms with van der Waals surface area (Å²) in [7, 11) is 0. The molecule has 0 aliphatic heterocycles. The van der Waals surface area contributed by atoms with Gasteiger partial charge >= 0.3 is 6.61 Å². The Bertz CT molecular complexity index is 1130. The van der Waals surface area contributed by atoms with Gasteiger partial charge in [-0.25, -0.2) is 4.98 Å². The van der Waals surface area contributed by atoms with Gasteiger partial charge in [0.05, 0.1) is 10.6 Å². The molecule has 0 aliphatic rings. The number of halogens is 2. The summed E-state index contributed by atoms with van der Waals surface area (Å²) < 4.78 is 30.3. The molecule has 160 valence electrons. The molecule has 10 heteroatoms. The van der Waals surface area contributed by atoms with Gasteiger partial charge in [-0.3, -0.25) is 14.2 Å². The summed E-state index contributed by atoms with van der Waals surface area (Å²) in [6, 6.07) is 5.67. The average Bonchev–Trinajstić information content (AvgIpc) is 2.97. The second-order valence-corrected chi connectivity index (χ2v) is 9.07. The molecule has 0 bridgehead atoms. The highest BCUT2D eigenvalue weighted by Gasteiger charge is 2.21. The molecule has 1 aromatic carbocycles. The van der Waals surface area contributed by atoms with E-state index < -0.39 is 11.9 Å². The molecule has 0 saturated heterocycles. The van der Waals surface area contributed by atoms with E-state index in [0.717, 1.165) is 10.4 Å². The summed E-state index contributed by atoms with van der Waals surface area (Å²) in [6.07, 6.45) is 0. The quantitative estimate of drug-likeness (QED) is 0.410. The van der Waals surface area contributed by atoms with Crippen molar-refractivity contribution in [2.24, 2.45) is 0 Å². The lowest BCUT2D eigenvalue weighted by molar-refractivity contribution is -0.115. The minimum Gasteiger partial charge on any atom is -0.435 e. The number of anilines is 1. The predicted octanol–water partition coefficient (Wildman–Crippen LogP) is 4.82. The van der Waals surface area contributed by atoms with Crippen LogP contribution in [0.3, 0.4) is 0 Å². The van der Waals surface area contributed by atoms with Crippen molar-refractivity contribution in [1.82, 2.24) is 9.55 Å². The van der Waals surface area contributed by atoms with Crippen LogP contribution in [0.2, 0.25) is 0 Å². The molecule has 1 N–H and O–H groups in total. The number of hydrogen-bond donors (Lipinski definition) is 1.